The van der Waals surface area contributed by atoms with Gasteiger partial charge >= 0.3 is 0 Å². The van der Waals surface area contributed by atoms with Crippen LogP contribution in [0.3, 0.4) is 0 Å². The van der Waals surface area contributed by atoms with Crippen LogP contribution in [-0.4, -0.2) is 37.7 Å². The van der Waals surface area contributed by atoms with E-state index in [0.29, 0.717) is 30.9 Å². The molecule has 1 amide bonds. The third-order valence-electron chi connectivity index (χ3n) is 3.75. The van der Waals surface area contributed by atoms with Gasteiger partial charge in [-0.1, -0.05) is 24.3 Å². The van der Waals surface area contributed by atoms with Gasteiger partial charge in [0, 0.05) is 24.9 Å². The molecule has 4 nitrogen and oxygen atoms in total. The number of hydrogen-bond acceptors (Lipinski definition) is 3. The van der Waals surface area contributed by atoms with Gasteiger partial charge in [0.15, 0.2) is 0 Å². The van der Waals surface area contributed by atoms with Crippen molar-refractivity contribution in [1.82, 2.24) is 4.90 Å². The number of carbonyl (C=O) groups excluding carboxylic acids is 1. The normalized spacial score (nSPS) is 13.7. The van der Waals surface area contributed by atoms with Crippen LogP contribution in [0.4, 0.5) is 10.1 Å². The van der Waals surface area contributed by atoms with E-state index >= 15 is 0 Å². The van der Waals surface area contributed by atoms with Crippen molar-refractivity contribution in [1.29, 1.82) is 0 Å². The van der Waals surface area contributed by atoms with Crippen molar-refractivity contribution in [3.8, 4) is 11.1 Å². The quantitative estimate of drug-likeness (QED) is 0.944. The summed E-state index contributed by atoms with van der Waals surface area (Å²) in [4.78, 5) is 14.1. The first-order chi connectivity index (χ1) is 10.7. The molecule has 0 aromatic heterocycles. The van der Waals surface area contributed by atoms with Gasteiger partial charge in [0.2, 0.25) is 0 Å². The van der Waals surface area contributed by atoms with Crippen molar-refractivity contribution < 1.29 is 13.9 Å². The van der Waals surface area contributed by atoms with Crippen molar-refractivity contribution in [3.63, 3.8) is 0 Å². The Morgan fingerprint density at radius 1 is 1.23 bits per heavy atom. The topological polar surface area (TPSA) is 41.6 Å². The largest absolute Gasteiger partial charge is 0.383 e. The fourth-order valence-corrected chi connectivity index (χ4v) is 2.54. The maximum Gasteiger partial charge on any atom is 0.257 e. The lowest BCUT2D eigenvalue weighted by Crippen LogP contribution is -2.41. The summed E-state index contributed by atoms with van der Waals surface area (Å²) in [6.07, 6.45) is 0. The molecule has 1 aliphatic heterocycles. The smallest absolute Gasteiger partial charge is 0.257 e. The lowest BCUT2D eigenvalue weighted by molar-refractivity contribution is 0.0700. The molecule has 0 spiro atoms. The van der Waals surface area contributed by atoms with E-state index in [4.69, 9.17) is 4.74 Å². The predicted molar refractivity (Wildman–Crippen MR) is 83.2 cm³/mol. The lowest BCUT2D eigenvalue weighted by atomic mass is 10.0. The number of nitrogens with zero attached hydrogens (tertiary/aromatic N) is 1. The van der Waals surface area contributed by atoms with Gasteiger partial charge in [-0.15, -0.1) is 0 Å². The summed E-state index contributed by atoms with van der Waals surface area (Å²) < 4.78 is 18.9. The minimum Gasteiger partial charge on any atom is -0.383 e. The van der Waals surface area contributed by atoms with Crippen molar-refractivity contribution in [2.75, 3.05) is 32.2 Å². The number of halogens is 1. The summed E-state index contributed by atoms with van der Waals surface area (Å²) in [6, 6.07) is 11.9. The Kier molecular flexibility index (Phi) is 4.06. The van der Waals surface area contributed by atoms with Gasteiger partial charge in [0.25, 0.3) is 5.91 Å². The molecule has 3 rings (SSSR count). The highest BCUT2D eigenvalue weighted by Gasteiger charge is 2.24. The SMILES string of the molecule is COCCN1CNc2cc(-c3ccccc3F)ccc2C1=O. The van der Waals surface area contributed by atoms with Gasteiger partial charge < -0.3 is 15.0 Å². The first-order valence-corrected chi connectivity index (χ1v) is 7.12. The molecule has 2 aromatic carbocycles. The Bertz CT molecular complexity index is 703. The molecule has 0 fully saturated rings. The van der Waals surface area contributed by atoms with E-state index in [1.54, 1.807) is 42.3 Å². The predicted octanol–water partition coefficient (Wildman–Crippen LogP) is 2.96. The second-order valence-corrected chi connectivity index (χ2v) is 5.14. The second-order valence-electron chi connectivity index (χ2n) is 5.14. The molecule has 0 bridgehead atoms. The van der Waals surface area contributed by atoms with E-state index in [1.165, 1.54) is 6.07 Å². The molecule has 114 valence electrons. The van der Waals surface area contributed by atoms with E-state index in [2.05, 4.69) is 5.32 Å². The number of nitrogens with one attached hydrogen (secondary N) is 1. The van der Waals surface area contributed by atoms with Crippen LogP contribution < -0.4 is 5.32 Å². The zero-order chi connectivity index (χ0) is 15.5. The minimum atomic E-state index is -0.272. The third kappa shape index (κ3) is 2.67. The van der Waals surface area contributed by atoms with Crippen LogP contribution in [0.15, 0.2) is 42.5 Å². The van der Waals surface area contributed by atoms with E-state index in [9.17, 15) is 9.18 Å². The first kappa shape index (κ1) is 14.5. The molecule has 0 saturated heterocycles. The fourth-order valence-electron chi connectivity index (χ4n) is 2.54. The van der Waals surface area contributed by atoms with Crippen LogP contribution in [0.5, 0.6) is 0 Å². The fraction of sp³-hybridized carbons (Fsp3) is 0.235. The van der Waals surface area contributed by atoms with Crippen molar-refractivity contribution in [2.24, 2.45) is 0 Å². The number of hydrogen-bond donors (Lipinski definition) is 1. The van der Waals surface area contributed by atoms with E-state index in [-0.39, 0.29) is 11.7 Å². The van der Waals surface area contributed by atoms with Crippen LogP contribution in [0.1, 0.15) is 10.4 Å². The highest BCUT2D eigenvalue weighted by molar-refractivity contribution is 6.02. The highest BCUT2D eigenvalue weighted by atomic mass is 19.1. The number of methoxy groups -OCH3 is 1. The van der Waals surface area contributed by atoms with Crippen LogP contribution in [-0.2, 0) is 4.74 Å². The molecular formula is C17H17FN2O2. The van der Waals surface area contributed by atoms with Crippen molar-refractivity contribution in [3.05, 3.63) is 53.8 Å². The standard InChI is InChI=1S/C17H17FN2O2/c1-22-9-8-20-11-19-16-10-12(6-7-14(16)17(20)21)13-4-2-3-5-15(13)18/h2-7,10,19H,8-9,11H2,1H3. The number of ether oxygens (including phenoxy) is 1. The lowest BCUT2D eigenvalue weighted by Gasteiger charge is -2.29. The van der Waals surface area contributed by atoms with E-state index in [1.807, 2.05) is 6.07 Å². The molecule has 1 heterocycles. The summed E-state index contributed by atoms with van der Waals surface area (Å²) in [5.74, 6) is -0.308. The summed E-state index contributed by atoms with van der Waals surface area (Å²) in [5, 5.41) is 3.21. The van der Waals surface area contributed by atoms with E-state index < -0.39 is 0 Å². The molecule has 0 aliphatic carbocycles. The Morgan fingerprint density at radius 3 is 2.82 bits per heavy atom. The molecule has 5 heteroatoms. The molecule has 22 heavy (non-hydrogen) atoms. The third-order valence-corrected chi connectivity index (χ3v) is 3.75. The molecule has 0 saturated carbocycles. The monoisotopic (exact) mass is 300 g/mol. The first-order valence-electron chi connectivity index (χ1n) is 7.12. The number of fused-ring (bicyclic) bond motifs is 1. The molecule has 2 aromatic rings. The zero-order valence-electron chi connectivity index (χ0n) is 12.3. The Hall–Kier alpha value is -2.40. The molecular weight excluding hydrogens is 283 g/mol. The van der Waals surface area contributed by atoms with Gasteiger partial charge in [-0.25, -0.2) is 4.39 Å². The average molecular weight is 300 g/mol. The van der Waals surface area contributed by atoms with Crippen molar-refractivity contribution in [2.45, 2.75) is 0 Å². The molecule has 0 unspecified atom stereocenters. The van der Waals surface area contributed by atoms with Crippen LogP contribution in [0.2, 0.25) is 0 Å². The number of amides is 1. The summed E-state index contributed by atoms with van der Waals surface area (Å²) in [7, 11) is 1.61. The molecule has 1 N–H and O–H groups in total. The summed E-state index contributed by atoms with van der Waals surface area (Å²) in [5.41, 5.74) is 2.62. The maximum atomic E-state index is 13.9. The Labute approximate surface area is 128 Å². The molecule has 0 atom stereocenters. The van der Waals surface area contributed by atoms with Gasteiger partial charge in [-0.05, 0) is 23.8 Å². The Morgan fingerprint density at radius 2 is 2.05 bits per heavy atom. The number of carbonyl (C=O) groups is 1. The number of rotatable bonds is 4. The molecule has 0 radical (unpaired) electrons. The summed E-state index contributed by atoms with van der Waals surface area (Å²) >= 11 is 0. The Balaban J connectivity index is 1.90. The maximum absolute atomic E-state index is 13.9. The average Bonchev–Trinajstić information content (AvgIpc) is 2.54. The van der Waals surface area contributed by atoms with Crippen LogP contribution in [0, 0.1) is 5.82 Å². The molecule has 1 aliphatic rings. The van der Waals surface area contributed by atoms with E-state index in [0.717, 1.165) is 11.3 Å². The summed E-state index contributed by atoms with van der Waals surface area (Å²) in [6.45, 7) is 1.46. The van der Waals surface area contributed by atoms with Crippen molar-refractivity contribution >= 4 is 11.6 Å². The zero-order valence-corrected chi connectivity index (χ0v) is 12.3. The minimum absolute atomic E-state index is 0.0362. The van der Waals surface area contributed by atoms with Gasteiger partial charge in [-0.3, -0.25) is 4.79 Å². The number of anilines is 1. The van der Waals surface area contributed by atoms with Gasteiger partial charge in [-0.2, -0.15) is 0 Å². The number of benzene rings is 2. The van der Waals surface area contributed by atoms with Gasteiger partial charge in [0.05, 0.1) is 18.8 Å². The van der Waals surface area contributed by atoms with Crippen LogP contribution >= 0.6 is 0 Å². The van der Waals surface area contributed by atoms with Crippen LogP contribution in [0.25, 0.3) is 11.1 Å². The van der Waals surface area contributed by atoms with Gasteiger partial charge in [0.1, 0.15) is 5.82 Å². The highest BCUT2D eigenvalue weighted by Crippen LogP contribution is 2.30. The second kappa shape index (κ2) is 6.15.